The number of hydrogen-bond donors (Lipinski definition) is 1. The van der Waals surface area contributed by atoms with E-state index in [1.165, 1.54) is 0 Å². The number of ether oxygens (including phenoxy) is 1. The molecule has 5 heteroatoms. The summed E-state index contributed by atoms with van der Waals surface area (Å²) < 4.78 is 4.97. The standard InChI is InChI=1S/C6H6N2O2S/c1-2-10-6-8-5(9)4(3-7)11-6/h9H,2H2,1H3. The number of rotatable bonds is 2. The minimum absolute atomic E-state index is 0.188. The van der Waals surface area contributed by atoms with Crippen LogP contribution in [0, 0.1) is 11.3 Å². The third kappa shape index (κ3) is 1.59. The van der Waals surface area contributed by atoms with Crippen LogP contribution in [0.5, 0.6) is 11.1 Å². The fraction of sp³-hybridized carbons (Fsp3) is 0.333. The SMILES string of the molecule is CCOc1nc(O)c(C#N)s1. The van der Waals surface area contributed by atoms with Gasteiger partial charge in [-0.2, -0.15) is 10.2 Å². The Morgan fingerprint density at radius 1 is 1.82 bits per heavy atom. The van der Waals surface area contributed by atoms with E-state index in [1.807, 2.05) is 6.92 Å². The molecule has 1 heterocycles. The highest BCUT2D eigenvalue weighted by atomic mass is 32.1. The van der Waals surface area contributed by atoms with Crippen LogP contribution in [0.15, 0.2) is 0 Å². The fourth-order valence-corrected chi connectivity index (χ4v) is 1.22. The van der Waals surface area contributed by atoms with E-state index < -0.39 is 0 Å². The Morgan fingerprint density at radius 2 is 2.55 bits per heavy atom. The second-order valence-corrected chi connectivity index (χ2v) is 2.64. The summed E-state index contributed by atoms with van der Waals surface area (Å²) in [6.07, 6.45) is 0. The van der Waals surface area contributed by atoms with Crippen LogP contribution in [0.1, 0.15) is 11.8 Å². The maximum Gasteiger partial charge on any atom is 0.277 e. The van der Waals surface area contributed by atoms with Crippen LogP contribution in [0.4, 0.5) is 0 Å². The molecule has 0 atom stereocenters. The largest absolute Gasteiger partial charge is 0.492 e. The Balaban J connectivity index is 2.89. The summed E-state index contributed by atoms with van der Waals surface area (Å²) >= 11 is 1.04. The van der Waals surface area contributed by atoms with Gasteiger partial charge in [-0.3, -0.25) is 0 Å². The third-order valence-electron chi connectivity index (χ3n) is 0.959. The van der Waals surface area contributed by atoms with Crippen molar-refractivity contribution in [2.45, 2.75) is 6.92 Å². The van der Waals surface area contributed by atoms with Crippen LogP contribution in [0.2, 0.25) is 0 Å². The predicted molar refractivity (Wildman–Crippen MR) is 39.7 cm³/mol. The van der Waals surface area contributed by atoms with Crippen molar-refractivity contribution in [1.29, 1.82) is 5.26 Å². The molecule has 58 valence electrons. The highest BCUT2D eigenvalue weighted by Crippen LogP contribution is 2.28. The average molecular weight is 170 g/mol. The van der Waals surface area contributed by atoms with Crippen molar-refractivity contribution in [3.05, 3.63) is 4.88 Å². The van der Waals surface area contributed by atoms with Gasteiger partial charge in [-0.05, 0) is 6.92 Å². The van der Waals surface area contributed by atoms with Crippen molar-refractivity contribution in [3.63, 3.8) is 0 Å². The third-order valence-corrected chi connectivity index (χ3v) is 1.82. The van der Waals surface area contributed by atoms with Gasteiger partial charge >= 0.3 is 0 Å². The van der Waals surface area contributed by atoms with Gasteiger partial charge in [0.15, 0.2) is 4.88 Å². The lowest BCUT2D eigenvalue weighted by Gasteiger charge is -1.91. The molecule has 0 fully saturated rings. The Bertz CT molecular complexity index is 289. The van der Waals surface area contributed by atoms with Crippen LogP contribution < -0.4 is 4.74 Å². The van der Waals surface area contributed by atoms with Crippen molar-refractivity contribution in [2.24, 2.45) is 0 Å². The molecule has 0 spiro atoms. The van der Waals surface area contributed by atoms with Crippen LogP contribution in [-0.4, -0.2) is 16.7 Å². The first-order valence-corrected chi connectivity index (χ1v) is 3.82. The highest BCUT2D eigenvalue weighted by molar-refractivity contribution is 7.14. The topological polar surface area (TPSA) is 66.1 Å². The molecule has 4 nitrogen and oxygen atoms in total. The Morgan fingerprint density at radius 3 is 3.00 bits per heavy atom. The van der Waals surface area contributed by atoms with Gasteiger partial charge in [-0.15, -0.1) is 0 Å². The molecule has 0 aliphatic carbocycles. The molecule has 1 aromatic rings. The maximum atomic E-state index is 8.95. The molecule has 0 bridgehead atoms. The zero-order chi connectivity index (χ0) is 8.27. The summed E-state index contributed by atoms with van der Waals surface area (Å²) in [6.45, 7) is 2.29. The quantitative estimate of drug-likeness (QED) is 0.722. The minimum atomic E-state index is -0.249. The lowest BCUT2D eigenvalue weighted by Crippen LogP contribution is -1.88. The maximum absolute atomic E-state index is 8.95. The molecule has 0 unspecified atom stereocenters. The molecule has 0 aliphatic heterocycles. The molecular weight excluding hydrogens is 164 g/mol. The van der Waals surface area contributed by atoms with Gasteiger partial charge in [0.25, 0.3) is 5.19 Å². The van der Waals surface area contributed by atoms with Crippen molar-refractivity contribution in [3.8, 4) is 17.1 Å². The van der Waals surface area contributed by atoms with Crippen LogP contribution in [0.25, 0.3) is 0 Å². The Kier molecular flexibility index (Phi) is 2.28. The average Bonchev–Trinajstić information content (AvgIpc) is 2.32. The first-order chi connectivity index (χ1) is 5.27. The first kappa shape index (κ1) is 7.82. The molecule has 0 saturated heterocycles. The van der Waals surface area contributed by atoms with Gasteiger partial charge in [0.1, 0.15) is 6.07 Å². The monoisotopic (exact) mass is 170 g/mol. The molecule has 0 aromatic carbocycles. The number of thiazole rings is 1. The Labute approximate surface area is 67.7 Å². The molecular formula is C6H6N2O2S. The van der Waals surface area contributed by atoms with Gasteiger partial charge in [0.2, 0.25) is 5.88 Å². The van der Waals surface area contributed by atoms with Crippen LogP contribution in [0.3, 0.4) is 0 Å². The molecule has 1 rings (SSSR count). The van der Waals surface area contributed by atoms with Crippen molar-refractivity contribution in [1.82, 2.24) is 4.98 Å². The van der Waals surface area contributed by atoms with Crippen molar-refractivity contribution in [2.75, 3.05) is 6.61 Å². The lowest BCUT2D eigenvalue weighted by molar-refractivity contribution is 0.332. The molecule has 0 aliphatic rings. The summed E-state index contributed by atoms with van der Waals surface area (Å²) in [5.41, 5.74) is 0. The second-order valence-electron chi connectivity index (χ2n) is 1.68. The summed E-state index contributed by atoms with van der Waals surface area (Å²) in [4.78, 5) is 3.79. The lowest BCUT2D eigenvalue weighted by atomic mass is 10.6. The predicted octanol–water partition coefficient (Wildman–Crippen LogP) is 1.12. The van der Waals surface area contributed by atoms with E-state index in [0.717, 1.165) is 11.3 Å². The summed E-state index contributed by atoms with van der Waals surface area (Å²) in [7, 11) is 0. The van der Waals surface area contributed by atoms with Gasteiger partial charge in [0, 0.05) is 0 Å². The number of nitriles is 1. The number of nitrogens with zero attached hydrogens (tertiary/aromatic N) is 2. The van der Waals surface area contributed by atoms with E-state index >= 15 is 0 Å². The van der Waals surface area contributed by atoms with Gasteiger partial charge in [0.05, 0.1) is 6.61 Å². The van der Waals surface area contributed by atoms with Crippen molar-refractivity contribution >= 4 is 11.3 Å². The molecule has 0 radical (unpaired) electrons. The van der Waals surface area contributed by atoms with E-state index in [0.29, 0.717) is 11.8 Å². The molecule has 11 heavy (non-hydrogen) atoms. The molecule has 1 aromatic heterocycles. The van der Waals surface area contributed by atoms with E-state index in [2.05, 4.69) is 4.98 Å². The molecule has 1 N–H and O–H groups in total. The fourth-order valence-electron chi connectivity index (χ4n) is 0.551. The van der Waals surface area contributed by atoms with E-state index in [1.54, 1.807) is 6.07 Å². The van der Waals surface area contributed by atoms with Crippen LogP contribution in [-0.2, 0) is 0 Å². The summed E-state index contributed by atoms with van der Waals surface area (Å²) in [5.74, 6) is -0.249. The highest BCUT2D eigenvalue weighted by Gasteiger charge is 2.08. The summed E-state index contributed by atoms with van der Waals surface area (Å²) in [5, 5.41) is 17.7. The number of aromatic hydroxyl groups is 1. The summed E-state index contributed by atoms with van der Waals surface area (Å²) in [6, 6.07) is 1.80. The van der Waals surface area contributed by atoms with E-state index in [4.69, 9.17) is 15.1 Å². The van der Waals surface area contributed by atoms with Gasteiger partial charge in [-0.1, -0.05) is 11.3 Å². The second kappa shape index (κ2) is 3.21. The normalized spacial score (nSPS) is 9.09. The van der Waals surface area contributed by atoms with Gasteiger partial charge in [-0.25, -0.2) is 0 Å². The first-order valence-electron chi connectivity index (χ1n) is 3.00. The Hall–Kier alpha value is -1.28. The number of aromatic nitrogens is 1. The van der Waals surface area contributed by atoms with Crippen LogP contribution >= 0.6 is 11.3 Å². The van der Waals surface area contributed by atoms with E-state index in [-0.39, 0.29) is 10.8 Å². The molecule has 0 amide bonds. The van der Waals surface area contributed by atoms with E-state index in [9.17, 15) is 0 Å². The zero-order valence-electron chi connectivity index (χ0n) is 5.87. The van der Waals surface area contributed by atoms with Crippen molar-refractivity contribution < 1.29 is 9.84 Å². The number of hydrogen-bond acceptors (Lipinski definition) is 5. The minimum Gasteiger partial charge on any atom is -0.492 e. The van der Waals surface area contributed by atoms with Gasteiger partial charge < -0.3 is 9.84 Å². The molecule has 0 saturated carbocycles. The zero-order valence-corrected chi connectivity index (χ0v) is 6.68. The smallest absolute Gasteiger partial charge is 0.277 e.